The molecule has 2 heteroatoms. The SMILES string of the molecule is CCc1ccc(CC(=O)C2CCCCC2)s1. The van der Waals surface area contributed by atoms with Crippen LogP contribution in [0.5, 0.6) is 0 Å². The second-order valence-corrected chi connectivity index (χ2v) is 5.95. The molecule has 1 nitrogen and oxygen atoms in total. The van der Waals surface area contributed by atoms with Crippen molar-refractivity contribution in [3.8, 4) is 0 Å². The van der Waals surface area contributed by atoms with Crippen LogP contribution in [0, 0.1) is 5.92 Å². The van der Waals surface area contributed by atoms with Gasteiger partial charge in [-0.3, -0.25) is 4.79 Å². The van der Waals surface area contributed by atoms with Crippen LogP contribution in [-0.4, -0.2) is 5.78 Å². The van der Waals surface area contributed by atoms with Gasteiger partial charge in [-0.1, -0.05) is 26.2 Å². The van der Waals surface area contributed by atoms with Gasteiger partial charge in [0.05, 0.1) is 0 Å². The summed E-state index contributed by atoms with van der Waals surface area (Å²) in [4.78, 5) is 14.7. The number of rotatable bonds is 4. The molecule has 1 aromatic rings. The number of thiophene rings is 1. The monoisotopic (exact) mass is 236 g/mol. The molecular weight excluding hydrogens is 216 g/mol. The molecule has 1 heterocycles. The Morgan fingerprint density at radius 1 is 1.25 bits per heavy atom. The number of aryl methyl sites for hydroxylation is 1. The third kappa shape index (κ3) is 2.94. The molecule has 0 bridgehead atoms. The van der Waals surface area contributed by atoms with E-state index in [1.165, 1.54) is 29.0 Å². The van der Waals surface area contributed by atoms with E-state index < -0.39 is 0 Å². The minimum absolute atomic E-state index is 0.362. The Morgan fingerprint density at radius 2 is 1.94 bits per heavy atom. The van der Waals surface area contributed by atoms with E-state index in [1.807, 2.05) is 0 Å². The maximum Gasteiger partial charge on any atom is 0.141 e. The van der Waals surface area contributed by atoms with Crippen molar-refractivity contribution < 1.29 is 4.79 Å². The minimum Gasteiger partial charge on any atom is -0.299 e. The van der Waals surface area contributed by atoms with Crippen molar-refractivity contribution in [1.82, 2.24) is 0 Å². The molecular formula is C14H20OS. The molecule has 2 rings (SSSR count). The molecule has 1 saturated carbocycles. The Kier molecular flexibility index (Phi) is 4.16. The predicted octanol–water partition coefficient (Wildman–Crippen LogP) is 4.00. The van der Waals surface area contributed by atoms with Gasteiger partial charge in [-0.15, -0.1) is 11.3 Å². The summed E-state index contributed by atoms with van der Waals surface area (Å²) in [6, 6.07) is 4.29. The Labute approximate surface area is 102 Å². The topological polar surface area (TPSA) is 17.1 Å². The van der Waals surface area contributed by atoms with Crippen LogP contribution in [0.25, 0.3) is 0 Å². The Morgan fingerprint density at radius 3 is 2.56 bits per heavy atom. The highest BCUT2D eigenvalue weighted by atomic mass is 32.1. The number of Topliss-reactive ketones (excluding diaryl/α,β-unsaturated/α-hetero) is 1. The summed E-state index contributed by atoms with van der Waals surface area (Å²) in [7, 11) is 0. The second kappa shape index (κ2) is 5.62. The average molecular weight is 236 g/mol. The summed E-state index contributed by atoms with van der Waals surface area (Å²) < 4.78 is 0. The molecule has 0 spiro atoms. The Balaban J connectivity index is 1.90. The van der Waals surface area contributed by atoms with E-state index in [0.717, 1.165) is 19.3 Å². The van der Waals surface area contributed by atoms with Gasteiger partial charge in [-0.05, 0) is 31.4 Å². The third-order valence-electron chi connectivity index (χ3n) is 3.47. The largest absolute Gasteiger partial charge is 0.299 e. The zero-order valence-corrected chi connectivity index (χ0v) is 10.8. The first-order valence-corrected chi connectivity index (χ1v) is 7.21. The van der Waals surface area contributed by atoms with Gasteiger partial charge in [0.2, 0.25) is 0 Å². The van der Waals surface area contributed by atoms with Crippen molar-refractivity contribution in [1.29, 1.82) is 0 Å². The molecule has 0 saturated heterocycles. The van der Waals surface area contributed by atoms with Crippen LogP contribution in [0.15, 0.2) is 12.1 Å². The number of ketones is 1. The molecule has 0 unspecified atom stereocenters. The standard InChI is InChI=1S/C14H20OS/c1-2-12-8-9-13(16-12)10-14(15)11-6-4-3-5-7-11/h8-9,11H,2-7,10H2,1H3. The first kappa shape index (κ1) is 11.8. The Hall–Kier alpha value is -0.630. The molecule has 0 aliphatic heterocycles. The van der Waals surface area contributed by atoms with E-state index in [2.05, 4.69) is 19.1 Å². The predicted molar refractivity (Wildman–Crippen MR) is 69.0 cm³/mol. The van der Waals surface area contributed by atoms with Gasteiger partial charge in [0.15, 0.2) is 0 Å². The number of carbonyl (C=O) groups is 1. The van der Waals surface area contributed by atoms with E-state index in [-0.39, 0.29) is 0 Å². The fourth-order valence-electron chi connectivity index (χ4n) is 2.45. The molecule has 1 aromatic heterocycles. The summed E-state index contributed by atoms with van der Waals surface area (Å²) in [5, 5.41) is 0. The first-order valence-electron chi connectivity index (χ1n) is 6.40. The molecule has 1 fully saturated rings. The highest BCUT2D eigenvalue weighted by molar-refractivity contribution is 7.12. The minimum atomic E-state index is 0.362. The Bertz CT molecular complexity index is 347. The zero-order valence-electron chi connectivity index (χ0n) is 10.00. The van der Waals surface area contributed by atoms with Gasteiger partial charge < -0.3 is 0 Å². The van der Waals surface area contributed by atoms with Crippen LogP contribution in [0.4, 0.5) is 0 Å². The molecule has 0 amide bonds. The second-order valence-electron chi connectivity index (χ2n) is 4.70. The van der Waals surface area contributed by atoms with Crippen molar-refractivity contribution in [3.05, 3.63) is 21.9 Å². The van der Waals surface area contributed by atoms with Crippen molar-refractivity contribution in [2.45, 2.75) is 51.9 Å². The molecule has 16 heavy (non-hydrogen) atoms. The van der Waals surface area contributed by atoms with Crippen LogP contribution in [0.1, 0.15) is 48.8 Å². The summed E-state index contributed by atoms with van der Waals surface area (Å²) >= 11 is 1.80. The molecule has 0 atom stereocenters. The number of hydrogen-bond donors (Lipinski definition) is 0. The van der Waals surface area contributed by atoms with Crippen LogP contribution in [0.2, 0.25) is 0 Å². The maximum absolute atomic E-state index is 12.1. The highest BCUT2D eigenvalue weighted by Crippen LogP contribution is 2.26. The van der Waals surface area contributed by atoms with E-state index in [1.54, 1.807) is 11.3 Å². The summed E-state index contributed by atoms with van der Waals surface area (Å²) in [5.41, 5.74) is 0. The molecule has 1 aliphatic rings. The average Bonchev–Trinajstić information content (AvgIpc) is 2.78. The van der Waals surface area contributed by atoms with E-state index in [4.69, 9.17) is 0 Å². The van der Waals surface area contributed by atoms with Crippen molar-refractivity contribution in [2.75, 3.05) is 0 Å². The van der Waals surface area contributed by atoms with E-state index >= 15 is 0 Å². The quantitative estimate of drug-likeness (QED) is 0.772. The molecule has 88 valence electrons. The lowest BCUT2D eigenvalue weighted by atomic mass is 9.85. The van der Waals surface area contributed by atoms with Gasteiger partial charge in [0.1, 0.15) is 5.78 Å². The molecule has 0 N–H and O–H groups in total. The van der Waals surface area contributed by atoms with Gasteiger partial charge in [0.25, 0.3) is 0 Å². The van der Waals surface area contributed by atoms with Crippen LogP contribution in [-0.2, 0) is 17.6 Å². The van der Waals surface area contributed by atoms with Crippen LogP contribution >= 0.6 is 11.3 Å². The fourth-order valence-corrected chi connectivity index (χ4v) is 3.42. The smallest absolute Gasteiger partial charge is 0.141 e. The van der Waals surface area contributed by atoms with Gasteiger partial charge >= 0.3 is 0 Å². The van der Waals surface area contributed by atoms with E-state index in [0.29, 0.717) is 18.1 Å². The highest BCUT2D eigenvalue weighted by Gasteiger charge is 2.21. The molecule has 0 radical (unpaired) electrons. The molecule has 1 aliphatic carbocycles. The fraction of sp³-hybridized carbons (Fsp3) is 0.643. The van der Waals surface area contributed by atoms with Crippen molar-refractivity contribution in [3.63, 3.8) is 0 Å². The van der Waals surface area contributed by atoms with Gasteiger partial charge in [-0.25, -0.2) is 0 Å². The van der Waals surface area contributed by atoms with Crippen molar-refractivity contribution >= 4 is 17.1 Å². The number of hydrogen-bond acceptors (Lipinski definition) is 2. The third-order valence-corrected chi connectivity index (χ3v) is 4.70. The molecule has 0 aromatic carbocycles. The lowest BCUT2D eigenvalue weighted by molar-refractivity contribution is -0.123. The van der Waals surface area contributed by atoms with Crippen LogP contribution in [0.3, 0.4) is 0 Å². The summed E-state index contributed by atoms with van der Waals surface area (Å²) in [6.07, 6.45) is 7.85. The lowest BCUT2D eigenvalue weighted by Gasteiger charge is -2.19. The number of carbonyl (C=O) groups excluding carboxylic acids is 1. The van der Waals surface area contributed by atoms with Gasteiger partial charge in [0, 0.05) is 22.1 Å². The maximum atomic E-state index is 12.1. The summed E-state index contributed by atoms with van der Waals surface area (Å²) in [5.74, 6) is 0.838. The van der Waals surface area contributed by atoms with Gasteiger partial charge in [-0.2, -0.15) is 0 Å². The lowest BCUT2D eigenvalue weighted by Crippen LogP contribution is -2.19. The van der Waals surface area contributed by atoms with E-state index in [9.17, 15) is 4.79 Å². The normalized spacial score (nSPS) is 17.6. The van der Waals surface area contributed by atoms with Crippen molar-refractivity contribution in [2.24, 2.45) is 5.92 Å². The first-order chi connectivity index (χ1) is 7.79. The summed E-state index contributed by atoms with van der Waals surface area (Å²) in [6.45, 7) is 2.17. The van der Waals surface area contributed by atoms with Crippen LogP contribution < -0.4 is 0 Å². The zero-order chi connectivity index (χ0) is 11.4.